The van der Waals surface area contributed by atoms with Gasteiger partial charge in [0, 0.05) is 21.5 Å². The van der Waals surface area contributed by atoms with Crippen LogP contribution in [0.4, 0.5) is 0 Å². The van der Waals surface area contributed by atoms with Crippen LogP contribution >= 0.6 is 11.6 Å². The molecule has 0 bridgehead atoms. The molecule has 0 fully saturated rings. The third kappa shape index (κ3) is 2.96. The molecule has 7 heteroatoms. The lowest BCUT2D eigenvalue weighted by atomic mass is 10.1. The summed E-state index contributed by atoms with van der Waals surface area (Å²) in [5.41, 5.74) is 3.46. The summed E-state index contributed by atoms with van der Waals surface area (Å²) in [7, 11) is 3.01. The van der Waals surface area contributed by atoms with Crippen LogP contribution in [-0.2, 0) is 16.0 Å². The third-order valence-corrected chi connectivity index (χ3v) is 5.12. The fourth-order valence-electron chi connectivity index (χ4n) is 3.50. The van der Waals surface area contributed by atoms with Crippen LogP contribution in [0.1, 0.15) is 11.3 Å². The molecule has 0 spiro atoms. The first-order valence-corrected chi connectivity index (χ1v) is 9.06. The van der Waals surface area contributed by atoms with Crippen molar-refractivity contribution in [1.29, 1.82) is 0 Å². The number of rotatable bonds is 4. The van der Waals surface area contributed by atoms with Crippen LogP contribution in [0.3, 0.4) is 0 Å². The van der Waals surface area contributed by atoms with Gasteiger partial charge < -0.3 is 9.47 Å². The Hall–Kier alpha value is -3.12. The van der Waals surface area contributed by atoms with E-state index in [-0.39, 0.29) is 12.4 Å². The summed E-state index contributed by atoms with van der Waals surface area (Å²) < 4.78 is 12.3. The molecule has 0 aliphatic rings. The van der Waals surface area contributed by atoms with E-state index in [1.54, 1.807) is 7.11 Å². The topological polar surface area (TPSA) is 66.2 Å². The molecule has 0 saturated carbocycles. The smallest absolute Gasteiger partial charge is 0.310 e. The zero-order valence-corrected chi connectivity index (χ0v) is 16.4. The summed E-state index contributed by atoms with van der Waals surface area (Å²) in [5, 5.41) is 2.40. The predicted molar refractivity (Wildman–Crippen MR) is 108 cm³/mol. The van der Waals surface area contributed by atoms with Gasteiger partial charge in [-0.15, -0.1) is 0 Å². The van der Waals surface area contributed by atoms with Crippen molar-refractivity contribution in [2.75, 3.05) is 14.2 Å². The maximum atomic E-state index is 12.0. The fourth-order valence-corrected chi connectivity index (χ4v) is 3.66. The lowest BCUT2D eigenvalue weighted by molar-refractivity contribution is -0.139. The zero-order valence-electron chi connectivity index (χ0n) is 15.7. The minimum absolute atomic E-state index is 0.161. The highest BCUT2D eigenvalue weighted by Gasteiger charge is 2.20. The molecule has 28 heavy (non-hydrogen) atoms. The van der Waals surface area contributed by atoms with Crippen LogP contribution in [0.5, 0.6) is 5.75 Å². The first-order chi connectivity index (χ1) is 13.5. The van der Waals surface area contributed by atoms with Gasteiger partial charge in [-0.05, 0) is 48.9 Å². The van der Waals surface area contributed by atoms with Crippen molar-refractivity contribution in [3.8, 4) is 11.6 Å². The Morgan fingerprint density at radius 1 is 1.11 bits per heavy atom. The summed E-state index contributed by atoms with van der Waals surface area (Å²) in [4.78, 5) is 20.9. The van der Waals surface area contributed by atoms with Crippen molar-refractivity contribution in [2.24, 2.45) is 0 Å². The van der Waals surface area contributed by atoms with Crippen LogP contribution in [-0.4, -0.2) is 34.7 Å². The molecule has 0 aliphatic carbocycles. The predicted octanol–water partition coefficient (Wildman–Crippen LogP) is 4.26. The maximum absolute atomic E-state index is 12.0. The number of aromatic nitrogens is 3. The molecule has 2 aromatic heterocycles. The van der Waals surface area contributed by atoms with Gasteiger partial charge in [-0.25, -0.2) is 9.97 Å². The minimum atomic E-state index is -0.302. The van der Waals surface area contributed by atoms with Crippen molar-refractivity contribution in [2.45, 2.75) is 13.3 Å². The molecule has 0 saturated heterocycles. The van der Waals surface area contributed by atoms with E-state index in [1.165, 1.54) is 13.4 Å². The Kier molecular flexibility index (Phi) is 4.65. The van der Waals surface area contributed by atoms with E-state index in [2.05, 4.69) is 9.97 Å². The van der Waals surface area contributed by atoms with Gasteiger partial charge in [0.1, 0.15) is 17.9 Å². The van der Waals surface area contributed by atoms with Crippen molar-refractivity contribution < 1.29 is 14.3 Å². The molecule has 6 nitrogen and oxygen atoms in total. The number of benzene rings is 2. The number of fused-ring (bicyclic) bond motifs is 2. The Balaban J connectivity index is 2.05. The van der Waals surface area contributed by atoms with Crippen LogP contribution in [0.2, 0.25) is 5.02 Å². The summed E-state index contributed by atoms with van der Waals surface area (Å²) in [6.45, 7) is 1.97. The summed E-state index contributed by atoms with van der Waals surface area (Å²) in [6.07, 6.45) is 1.68. The van der Waals surface area contributed by atoms with Gasteiger partial charge in [-0.2, -0.15) is 0 Å². The summed E-state index contributed by atoms with van der Waals surface area (Å²) in [5.74, 6) is 1.14. The first-order valence-electron chi connectivity index (χ1n) is 8.69. The minimum Gasteiger partial charge on any atom is -0.497 e. The van der Waals surface area contributed by atoms with Gasteiger partial charge in [0.2, 0.25) is 0 Å². The zero-order chi connectivity index (χ0) is 19.8. The monoisotopic (exact) mass is 395 g/mol. The van der Waals surface area contributed by atoms with Gasteiger partial charge in [0.25, 0.3) is 0 Å². The van der Waals surface area contributed by atoms with Crippen LogP contribution in [0, 0.1) is 6.92 Å². The van der Waals surface area contributed by atoms with Crippen molar-refractivity contribution in [3.63, 3.8) is 0 Å². The molecule has 0 unspecified atom stereocenters. The second kappa shape index (κ2) is 7.13. The number of hydrogen-bond donors (Lipinski definition) is 0. The van der Waals surface area contributed by atoms with Crippen molar-refractivity contribution in [3.05, 3.63) is 59.0 Å². The lowest BCUT2D eigenvalue weighted by Gasteiger charge is -2.11. The molecule has 2 aromatic carbocycles. The molecule has 0 N–H and O–H groups in total. The van der Waals surface area contributed by atoms with Gasteiger partial charge >= 0.3 is 5.97 Å². The highest BCUT2D eigenvalue weighted by Crippen LogP contribution is 2.34. The van der Waals surface area contributed by atoms with E-state index >= 15 is 0 Å². The van der Waals surface area contributed by atoms with E-state index in [9.17, 15) is 4.79 Å². The number of halogens is 1. The van der Waals surface area contributed by atoms with E-state index in [4.69, 9.17) is 21.1 Å². The number of esters is 1. The van der Waals surface area contributed by atoms with Gasteiger partial charge in [0.05, 0.1) is 31.7 Å². The Bertz CT molecular complexity index is 1220. The van der Waals surface area contributed by atoms with Gasteiger partial charge in [-0.3, -0.25) is 9.36 Å². The van der Waals surface area contributed by atoms with Gasteiger partial charge in [0.15, 0.2) is 0 Å². The lowest BCUT2D eigenvalue weighted by Crippen LogP contribution is -2.07. The standard InChI is InChI=1S/C21H18ClN3O3/c1-12-16(10-20(26)28-3)17-9-14(27-2)5-7-19(17)25(12)21-15-6-4-13(22)8-18(15)23-11-24-21/h4-9,11H,10H2,1-3H3. The van der Waals surface area contributed by atoms with Crippen molar-refractivity contribution in [1.82, 2.24) is 14.5 Å². The molecule has 0 aliphatic heterocycles. The van der Waals surface area contributed by atoms with E-state index in [0.29, 0.717) is 5.02 Å². The normalized spacial score (nSPS) is 11.1. The second-order valence-corrected chi connectivity index (χ2v) is 6.83. The molecular formula is C21H18ClN3O3. The SMILES string of the molecule is COC(=O)Cc1c(C)n(-c2ncnc3cc(Cl)ccc23)c2ccc(OC)cc12. The van der Waals surface area contributed by atoms with Crippen LogP contribution < -0.4 is 4.74 Å². The Labute approximate surface area is 166 Å². The fraction of sp³-hybridized carbons (Fsp3) is 0.190. The number of nitrogens with zero attached hydrogens (tertiary/aromatic N) is 3. The number of hydrogen-bond acceptors (Lipinski definition) is 5. The number of carbonyl (C=O) groups is 1. The largest absolute Gasteiger partial charge is 0.497 e. The van der Waals surface area contributed by atoms with E-state index < -0.39 is 0 Å². The summed E-state index contributed by atoms with van der Waals surface area (Å²) in [6, 6.07) is 11.3. The molecular weight excluding hydrogens is 378 g/mol. The van der Waals surface area contributed by atoms with Crippen molar-refractivity contribution >= 4 is 39.4 Å². The highest BCUT2D eigenvalue weighted by atomic mass is 35.5. The average molecular weight is 396 g/mol. The molecule has 0 atom stereocenters. The number of ether oxygens (including phenoxy) is 2. The average Bonchev–Trinajstić information content (AvgIpc) is 2.97. The Morgan fingerprint density at radius 3 is 2.68 bits per heavy atom. The molecule has 0 amide bonds. The number of methoxy groups -OCH3 is 2. The number of carbonyl (C=O) groups excluding carboxylic acids is 1. The first kappa shape index (κ1) is 18.3. The molecule has 142 valence electrons. The van der Waals surface area contributed by atoms with Gasteiger partial charge in [-0.1, -0.05) is 11.6 Å². The molecule has 4 rings (SSSR count). The molecule has 4 aromatic rings. The second-order valence-electron chi connectivity index (χ2n) is 6.39. The summed E-state index contributed by atoms with van der Waals surface area (Å²) >= 11 is 6.12. The van der Waals surface area contributed by atoms with E-state index in [1.807, 2.05) is 47.9 Å². The quantitative estimate of drug-likeness (QED) is 0.483. The van der Waals surface area contributed by atoms with Crippen LogP contribution in [0.25, 0.3) is 27.6 Å². The third-order valence-electron chi connectivity index (χ3n) is 4.88. The van der Waals surface area contributed by atoms with Crippen LogP contribution in [0.15, 0.2) is 42.7 Å². The molecule has 0 radical (unpaired) electrons. The maximum Gasteiger partial charge on any atom is 0.310 e. The Morgan fingerprint density at radius 2 is 1.93 bits per heavy atom. The molecule has 2 heterocycles. The van der Waals surface area contributed by atoms with E-state index in [0.717, 1.165) is 44.6 Å². The highest BCUT2D eigenvalue weighted by molar-refractivity contribution is 6.31.